The first-order chi connectivity index (χ1) is 10.9. The summed E-state index contributed by atoms with van der Waals surface area (Å²) in [6.07, 6.45) is 5.56. The highest BCUT2D eigenvalue weighted by Crippen LogP contribution is 2.48. The Hall–Kier alpha value is -0.770. The molecule has 0 aromatic heterocycles. The number of hydrogen-bond acceptors (Lipinski definition) is 1. The highest BCUT2D eigenvalue weighted by molar-refractivity contribution is 6.35. The van der Waals surface area contributed by atoms with Crippen LogP contribution in [0.5, 0.6) is 0 Å². The minimum atomic E-state index is -0.123. The molecule has 0 unspecified atom stereocenters. The number of fused-ring (bicyclic) bond motifs is 2. The molecule has 5 atom stereocenters. The van der Waals surface area contributed by atoms with E-state index in [1.807, 2.05) is 6.92 Å². The number of anilines is 1. The number of carbonyl (C=O) groups excluding carboxylic acids is 1. The van der Waals surface area contributed by atoms with Crippen LogP contribution in [-0.2, 0) is 4.79 Å². The van der Waals surface area contributed by atoms with Crippen LogP contribution in [0, 0.1) is 17.8 Å². The lowest BCUT2D eigenvalue weighted by Crippen LogP contribution is -2.97. The summed E-state index contributed by atoms with van der Waals surface area (Å²) in [4.78, 5) is 12.4. The lowest BCUT2D eigenvalue weighted by Gasteiger charge is -2.27. The van der Waals surface area contributed by atoms with Crippen molar-refractivity contribution in [3.63, 3.8) is 0 Å². The second-order valence-electron chi connectivity index (χ2n) is 7.33. The van der Waals surface area contributed by atoms with Gasteiger partial charge in [0.25, 0.3) is 5.91 Å². The van der Waals surface area contributed by atoms with E-state index < -0.39 is 0 Å². The van der Waals surface area contributed by atoms with Gasteiger partial charge in [-0.05, 0) is 63.1 Å². The summed E-state index contributed by atoms with van der Waals surface area (Å²) in [5, 5.41) is 6.18. The van der Waals surface area contributed by atoms with Gasteiger partial charge >= 0.3 is 0 Å². The molecular formula is C18H25Cl2N2O+. The Bertz CT molecular complexity index is 572. The zero-order valence-electron chi connectivity index (χ0n) is 13.7. The Balaban J connectivity index is 1.55. The normalized spacial score (nSPS) is 28.6. The highest BCUT2D eigenvalue weighted by Gasteiger charge is 2.43. The lowest BCUT2D eigenvalue weighted by molar-refractivity contribution is -0.710. The maximum absolute atomic E-state index is 12.4. The molecule has 0 aliphatic heterocycles. The summed E-state index contributed by atoms with van der Waals surface area (Å²) in [5.74, 6) is 2.59. The van der Waals surface area contributed by atoms with Crippen LogP contribution in [0.4, 0.5) is 5.69 Å². The fourth-order valence-corrected chi connectivity index (χ4v) is 5.03. The monoisotopic (exact) mass is 355 g/mol. The molecule has 5 heteroatoms. The van der Waals surface area contributed by atoms with Crippen LogP contribution in [0.2, 0.25) is 10.0 Å². The number of carbonyl (C=O) groups is 1. The van der Waals surface area contributed by atoms with E-state index in [0.717, 1.165) is 17.8 Å². The summed E-state index contributed by atoms with van der Waals surface area (Å²) in [5.41, 5.74) is 0.653. The third kappa shape index (κ3) is 4.01. The first-order valence-corrected chi connectivity index (χ1v) is 9.30. The predicted octanol–water partition coefficient (Wildman–Crippen LogP) is 3.71. The average molecular weight is 356 g/mol. The minimum Gasteiger partial charge on any atom is -0.334 e. The molecule has 1 aromatic carbocycles. The van der Waals surface area contributed by atoms with Crippen molar-refractivity contribution in [2.45, 2.75) is 51.6 Å². The molecule has 2 aliphatic carbocycles. The van der Waals surface area contributed by atoms with E-state index >= 15 is 0 Å². The van der Waals surface area contributed by atoms with E-state index in [2.05, 4.69) is 17.6 Å². The molecule has 0 heterocycles. The van der Waals surface area contributed by atoms with E-state index in [-0.39, 0.29) is 11.9 Å². The Morgan fingerprint density at radius 2 is 1.87 bits per heavy atom. The molecule has 3 N–H and O–H groups in total. The summed E-state index contributed by atoms with van der Waals surface area (Å²) in [7, 11) is 0. The molecule has 0 saturated heterocycles. The van der Waals surface area contributed by atoms with Gasteiger partial charge < -0.3 is 10.6 Å². The first-order valence-electron chi connectivity index (χ1n) is 8.54. The number of amides is 1. The molecule has 0 radical (unpaired) electrons. The minimum absolute atomic E-state index is 0.00154. The fourth-order valence-electron chi connectivity index (χ4n) is 4.51. The summed E-state index contributed by atoms with van der Waals surface area (Å²) in [6, 6.07) is 5.47. The Labute approximate surface area is 148 Å². The van der Waals surface area contributed by atoms with Gasteiger partial charge in [-0.25, -0.2) is 0 Å². The summed E-state index contributed by atoms with van der Waals surface area (Å²) in [6.45, 7) is 4.23. The van der Waals surface area contributed by atoms with Gasteiger partial charge in [-0.3, -0.25) is 4.79 Å². The maximum atomic E-state index is 12.4. The van der Waals surface area contributed by atoms with E-state index in [9.17, 15) is 4.79 Å². The van der Waals surface area contributed by atoms with Gasteiger partial charge in [-0.15, -0.1) is 0 Å². The van der Waals surface area contributed by atoms with E-state index in [4.69, 9.17) is 23.2 Å². The predicted molar refractivity (Wildman–Crippen MR) is 94.9 cm³/mol. The summed E-state index contributed by atoms with van der Waals surface area (Å²) >= 11 is 12.0. The van der Waals surface area contributed by atoms with Crippen LogP contribution in [0.15, 0.2) is 18.2 Å². The van der Waals surface area contributed by atoms with Crippen molar-refractivity contribution in [3.05, 3.63) is 28.2 Å². The smallest absolute Gasteiger partial charge is 0.282 e. The molecule has 23 heavy (non-hydrogen) atoms. The molecule has 0 spiro atoms. The van der Waals surface area contributed by atoms with Gasteiger partial charge in [-0.1, -0.05) is 29.6 Å². The molecular weight excluding hydrogens is 331 g/mol. The first kappa shape index (κ1) is 17.1. The van der Waals surface area contributed by atoms with Crippen LogP contribution in [-0.4, -0.2) is 18.0 Å². The molecule has 126 valence electrons. The van der Waals surface area contributed by atoms with Gasteiger partial charge in [0.05, 0.1) is 6.04 Å². The third-order valence-corrected chi connectivity index (χ3v) is 6.04. The van der Waals surface area contributed by atoms with Crippen molar-refractivity contribution >= 4 is 34.8 Å². The van der Waals surface area contributed by atoms with Crippen molar-refractivity contribution in [1.29, 1.82) is 0 Å². The molecule has 2 fully saturated rings. The van der Waals surface area contributed by atoms with Crippen molar-refractivity contribution < 1.29 is 10.1 Å². The standard InChI is InChI=1S/C18H24Cl2N2O/c1-10(17-6-12-3-4-13(17)5-12)21-11(2)18(23)22-16-8-14(19)7-15(20)9-16/h7-13,17,21H,3-6H2,1-2H3,(H,22,23)/p+1/t10-,11+,12+,13-,17+/m0/s1. The lowest BCUT2D eigenvalue weighted by atomic mass is 9.84. The number of hydrogen-bond donors (Lipinski definition) is 2. The molecule has 3 nitrogen and oxygen atoms in total. The van der Waals surface area contributed by atoms with Gasteiger partial charge in [0.1, 0.15) is 0 Å². The van der Waals surface area contributed by atoms with Crippen LogP contribution in [0.1, 0.15) is 39.5 Å². The van der Waals surface area contributed by atoms with E-state index in [1.54, 1.807) is 18.2 Å². The number of halogens is 2. The van der Waals surface area contributed by atoms with Gasteiger partial charge in [0.15, 0.2) is 6.04 Å². The zero-order chi connectivity index (χ0) is 16.6. The van der Waals surface area contributed by atoms with Crippen LogP contribution in [0.3, 0.4) is 0 Å². The van der Waals surface area contributed by atoms with Crippen molar-refractivity contribution in [1.82, 2.24) is 0 Å². The van der Waals surface area contributed by atoms with E-state index in [0.29, 0.717) is 21.8 Å². The average Bonchev–Trinajstić information content (AvgIpc) is 3.08. The topological polar surface area (TPSA) is 45.7 Å². The number of benzene rings is 1. The highest BCUT2D eigenvalue weighted by atomic mass is 35.5. The summed E-state index contributed by atoms with van der Waals surface area (Å²) < 4.78 is 0. The fraction of sp³-hybridized carbons (Fsp3) is 0.611. The SMILES string of the molecule is C[C@H]([NH2+][C@H](C)C(=O)Nc1cc(Cl)cc(Cl)c1)[C@H]1C[C@@H]2CC[C@H]1C2. The van der Waals surface area contributed by atoms with Gasteiger partial charge in [0, 0.05) is 21.7 Å². The van der Waals surface area contributed by atoms with Crippen LogP contribution >= 0.6 is 23.2 Å². The molecule has 2 saturated carbocycles. The van der Waals surface area contributed by atoms with Crippen molar-refractivity contribution in [2.75, 3.05) is 5.32 Å². The second kappa shape index (κ2) is 7.00. The van der Waals surface area contributed by atoms with Crippen molar-refractivity contribution in [3.8, 4) is 0 Å². The van der Waals surface area contributed by atoms with Gasteiger partial charge in [-0.2, -0.15) is 0 Å². The van der Waals surface area contributed by atoms with Crippen molar-refractivity contribution in [2.24, 2.45) is 17.8 Å². The molecule has 1 aromatic rings. The largest absolute Gasteiger partial charge is 0.334 e. The molecule has 2 bridgehead atoms. The Morgan fingerprint density at radius 3 is 2.43 bits per heavy atom. The Kier molecular flexibility index (Phi) is 5.19. The second-order valence-corrected chi connectivity index (χ2v) is 8.20. The molecule has 1 amide bonds. The molecule has 3 rings (SSSR count). The quantitative estimate of drug-likeness (QED) is 0.830. The van der Waals surface area contributed by atoms with E-state index in [1.165, 1.54) is 25.7 Å². The van der Waals surface area contributed by atoms with Gasteiger partial charge in [0.2, 0.25) is 0 Å². The third-order valence-electron chi connectivity index (χ3n) is 5.60. The van der Waals surface area contributed by atoms with Crippen LogP contribution < -0.4 is 10.6 Å². The van der Waals surface area contributed by atoms with Crippen LogP contribution in [0.25, 0.3) is 0 Å². The number of rotatable bonds is 5. The number of nitrogens with two attached hydrogens (primary N) is 1. The number of quaternary nitrogens is 1. The molecule has 2 aliphatic rings. The Morgan fingerprint density at radius 1 is 1.17 bits per heavy atom. The zero-order valence-corrected chi connectivity index (χ0v) is 15.2. The number of nitrogens with one attached hydrogen (secondary N) is 1. The maximum Gasteiger partial charge on any atom is 0.282 e.